The average molecular weight is 383 g/mol. The number of halogens is 1. The summed E-state index contributed by atoms with van der Waals surface area (Å²) >= 11 is 5.85. The topological polar surface area (TPSA) is 58.2 Å². The Balaban J connectivity index is 1.57. The molecular formula is C22H23ClN2O2. The van der Waals surface area contributed by atoms with Gasteiger partial charge in [-0.05, 0) is 74.6 Å². The molecule has 2 amide bonds. The van der Waals surface area contributed by atoms with E-state index in [1.807, 2.05) is 0 Å². The normalized spacial score (nSPS) is 13.6. The molecule has 140 valence electrons. The van der Waals surface area contributed by atoms with Crippen LogP contribution in [0.3, 0.4) is 0 Å². The van der Waals surface area contributed by atoms with Crippen molar-refractivity contribution in [3.63, 3.8) is 0 Å². The van der Waals surface area contributed by atoms with Gasteiger partial charge in [-0.15, -0.1) is 0 Å². The SMILES string of the molecule is O=C(NCCC1=CCCCC1)c1cccc(C(=O)Nc2ccc(Cl)cc2)c1. The highest BCUT2D eigenvalue weighted by Crippen LogP contribution is 2.19. The lowest BCUT2D eigenvalue weighted by Crippen LogP contribution is -2.25. The first-order valence-electron chi connectivity index (χ1n) is 9.25. The Hall–Kier alpha value is -2.59. The molecule has 1 aliphatic rings. The molecular weight excluding hydrogens is 360 g/mol. The van der Waals surface area contributed by atoms with Crippen molar-refractivity contribution in [1.82, 2.24) is 5.32 Å². The monoisotopic (exact) mass is 382 g/mol. The van der Waals surface area contributed by atoms with Gasteiger partial charge in [0.2, 0.25) is 0 Å². The van der Waals surface area contributed by atoms with Crippen molar-refractivity contribution in [2.24, 2.45) is 0 Å². The molecule has 0 aromatic heterocycles. The van der Waals surface area contributed by atoms with E-state index in [2.05, 4.69) is 16.7 Å². The molecule has 1 aliphatic carbocycles. The summed E-state index contributed by atoms with van der Waals surface area (Å²) in [4.78, 5) is 24.8. The van der Waals surface area contributed by atoms with Gasteiger partial charge >= 0.3 is 0 Å². The molecule has 0 saturated heterocycles. The van der Waals surface area contributed by atoms with Gasteiger partial charge in [0.15, 0.2) is 0 Å². The van der Waals surface area contributed by atoms with Crippen LogP contribution in [-0.4, -0.2) is 18.4 Å². The minimum absolute atomic E-state index is 0.160. The van der Waals surface area contributed by atoms with Crippen molar-refractivity contribution >= 4 is 29.1 Å². The van der Waals surface area contributed by atoms with Crippen molar-refractivity contribution in [2.75, 3.05) is 11.9 Å². The van der Waals surface area contributed by atoms with Crippen LogP contribution in [-0.2, 0) is 0 Å². The average Bonchev–Trinajstić information content (AvgIpc) is 2.70. The van der Waals surface area contributed by atoms with E-state index in [4.69, 9.17) is 11.6 Å². The number of carbonyl (C=O) groups is 2. The zero-order valence-electron chi connectivity index (χ0n) is 15.1. The zero-order valence-corrected chi connectivity index (χ0v) is 15.9. The van der Waals surface area contributed by atoms with Gasteiger partial charge in [-0.25, -0.2) is 0 Å². The third-order valence-electron chi connectivity index (χ3n) is 4.61. The fourth-order valence-corrected chi connectivity index (χ4v) is 3.23. The second kappa shape index (κ2) is 9.38. The lowest BCUT2D eigenvalue weighted by atomic mass is 9.97. The number of hydrogen-bond donors (Lipinski definition) is 2. The highest BCUT2D eigenvalue weighted by atomic mass is 35.5. The number of carbonyl (C=O) groups excluding carboxylic acids is 2. The molecule has 0 spiro atoms. The van der Waals surface area contributed by atoms with E-state index in [1.54, 1.807) is 48.5 Å². The Morgan fingerprint density at radius 3 is 2.41 bits per heavy atom. The van der Waals surface area contributed by atoms with Crippen LogP contribution in [0.1, 0.15) is 52.8 Å². The second-order valence-corrected chi connectivity index (χ2v) is 7.09. The summed E-state index contributed by atoms with van der Waals surface area (Å²) < 4.78 is 0. The van der Waals surface area contributed by atoms with Crippen LogP contribution in [0.15, 0.2) is 60.2 Å². The summed E-state index contributed by atoms with van der Waals surface area (Å²) in [6, 6.07) is 13.6. The minimum Gasteiger partial charge on any atom is -0.352 e. The highest BCUT2D eigenvalue weighted by molar-refractivity contribution is 6.30. The van der Waals surface area contributed by atoms with Gasteiger partial charge in [0.1, 0.15) is 0 Å². The van der Waals surface area contributed by atoms with E-state index in [0.29, 0.717) is 28.4 Å². The maximum absolute atomic E-state index is 12.4. The van der Waals surface area contributed by atoms with Gasteiger partial charge in [0, 0.05) is 28.4 Å². The smallest absolute Gasteiger partial charge is 0.255 e. The number of amides is 2. The molecule has 0 radical (unpaired) electrons. The first-order valence-corrected chi connectivity index (χ1v) is 9.63. The van der Waals surface area contributed by atoms with Crippen LogP contribution < -0.4 is 10.6 Å². The molecule has 0 unspecified atom stereocenters. The molecule has 0 fully saturated rings. The number of nitrogens with one attached hydrogen (secondary N) is 2. The van der Waals surface area contributed by atoms with E-state index >= 15 is 0 Å². The minimum atomic E-state index is -0.265. The number of benzene rings is 2. The number of anilines is 1. The molecule has 2 aromatic rings. The van der Waals surface area contributed by atoms with Crippen LogP contribution in [0.2, 0.25) is 5.02 Å². The van der Waals surface area contributed by atoms with Gasteiger partial charge in [-0.3, -0.25) is 9.59 Å². The van der Waals surface area contributed by atoms with Gasteiger partial charge in [0.25, 0.3) is 11.8 Å². The van der Waals surface area contributed by atoms with E-state index in [9.17, 15) is 9.59 Å². The van der Waals surface area contributed by atoms with Crippen LogP contribution in [0, 0.1) is 0 Å². The van der Waals surface area contributed by atoms with Gasteiger partial charge in [-0.2, -0.15) is 0 Å². The van der Waals surface area contributed by atoms with E-state index in [-0.39, 0.29) is 11.8 Å². The third kappa shape index (κ3) is 5.69. The third-order valence-corrected chi connectivity index (χ3v) is 4.86. The predicted octanol–water partition coefficient (Wildman–Crippen LogP) is 5.21. The van der Waals surface area contributed by atoms with Crippen LogP contribution in [0.25, 0.3) is 0 Å². The zero-order chi connectivity index (χ0) is 19.1. The van der Waals surface area contributed by atoms with Crippen LogP contribution in [0.4, 0.5) is 5.69 Å². The molecule has 4 nitrogen and oxygen atoms in total. The fourth-order valence-electron chi connectivity index (χ4n) is 3.11. The summed E-state index contributed by atoms with van der Waals surface area (Å²) in [5.74, 6) is -0.424. The van der Waals surface area contributed by atoms with E-state index in [1.165, 1.54) is 18.4 Å². The summed E-state index contributed by atoms with van der Waals surface area (Å²) in [6.45, 7) is 0.617. The lowest BCUT2D eigenvalue weighted by molar-refractivity contribution is 0.0954. The largest absolute Gasteiger partial charge is 0.352 e. The van der Waals surface area contributed by atoms with Gasteiger partial charge in [0.05, 0.1) is 0 Å². The van der Waals surface area contributed by atoms with Crippen molar-refractivity contribution in [3.8, 4) is 0 Å². The van der Waals surface area contributed by atoms with E-state index < -0.39 is 0 Å². The van der Waals surface area contributed by atoms with Crippen LogP contribution >= 0.6 is 11.6 Å². The van der Waals surface area contributed by atoms with Crippen molar-refractivity contribution < 1.29 is 9.59 Å². The Morgan fingerprint density at radius 1 is 0.963 bits per heavy atom. The lowest BCUT2D eigenvalue weighted by Gasteiger charge is -2.13. The maximum Gasteiger partial charge on any atom is 0.255 e. The summed E-state index contributed by atoms with van der Waals surface area (Å²) in [7, 11) is 0. The molecule has 27 heavy (non-hydrogen) atoms. The van der Waals surface area contributed by atoms with E-state index in [0.717, 1.165) is 19.3 Å². The summed E-state index contributed by atoms with van der Waals surface area (Å²) in [6.07, 6.45) is 7.97. The first kappa shape index (κ1) is 19.2. The molecule has 0 aliphatic heterocycles. The molecule has 0 saturated carbocycles. The fraction of sp³-hybridized carbons (Fsp3) is 0.273. The van der Waals surface area contributed by atoms with Crippen LogP contribution in [0.5, 0.6) is 0 Å². The van der Waals surface area contributed by atoms with Gasteiger partial charge < -0.3 is 10.6 Å². The molecule has 2 N–H and O–H groups in total. The predicted molar refractivity (Wildman–Crippen MR) is 109 cm³/mol. The maximum atomic E-state index is 12.4. The molecule has 0 heterocycles. The van der Waals surface area contributed by atoms with Crippen molar-refractivity contribution in [3.05, 3.63) is 76.3 Å². The number of allylic oxidation sites excluding steroid dienone is 1. The Morgan fingerprint density at radius 2 is 1.70 bits per heavy atom. The number of rotatable bonds is 6. The molecule has 2 aromatic carbocycles. The van der Waals surface area contributed by atoms with Gasteiger partial charge in [-0.1, -0.05) is 29.3 Å². The van der Waals surface area contributed by atoms with Crippen molar-refractivity contribution in [2.45, 2.75) is 32.1 Å². The quantitative estimate of drug-likeness (QED) is 0.673. The highest BCUT2D eigenvalue weighted by Gasteiger charge is 2.11. The molecule has 5 heteroatoms. The second-order valence-electron chi connectivity index (χ2n) is 6.66. The van der Waals surface area contributed by atoms with Crippen molar-refractivity contribution in [1.29, 1.82) is 0 Å². The molecule has 0 bridgehead atoms. The molecule has 0 atom stereocenters. The summed E-state index contributed by atoms with van der Waals surface area (Å²) in [5, 5.41) is 6.35. The standard InChI is InChI=1S/C22H23ClN2O2/c23-19-9-11-20(12-10-19)25-22(27)18-8-4-7-17(15-18)21(26)24-14-13-16-5-2-1-3-6-16/h4-5,7-12,15H,1-3,6,13-14H2,(H,24,26)(H,25,27). The molecule has 3 rings (SSSR count). The number of hydrogen-bond acceptors (Lipinski definition) is 2. The Kier molecular flexibility index (Phi) is 6.66. The Bertz CT molecular complexity index is 844. The first-order chi connectivity index (χ1) is 13.1. The summed E-state index contributed by atoms with van der Waals surface area (Å²) in [5.41, 5.74) is 3.00. The Labute approximate surface area is 164 Å².